The van der Waals surface area contributed by atoms with Crippen molar-refractivity contribution in [1.82, 2.24) is 4.90 Å². The largest absolute Gasteiger partial charge is 0.337 e. The summed E-state index contributed by atoms with van der Waals surface area (Å²) in [6, 6.07) is 4.14. The van der Waals surface area contributed by atoms with Crippen LogP contribution in [0.25, 0.3) is 0 Å². The van der Waals surface area contributed by atoms with Gasteiger partial charge in [0.1, 0.15) is 0 Å². The van der Waals surface area contributed by atoms with Crippen molar-refractivity contribution in [3.05, 3.63) is 34.4 Å². The third-order valence-corrected chi connectivity index (χ3v) is 3.90. The Morgan fingerprint density at radius 1 is 1.28 bits per heavy atom. The second-order valence-corrected chi connectivity index (χ2v) is 5.88. The third-order valence-electron chi connectivity index (χ3n) is 3.54. The van der Waals surface area contributed by atoms with E-state index in [2.05, 4.69) is 19.1 Å². The van der Waals surface area contributed by atoms with Crippen LogP contribution in [0.4, 0.5) is 0 Å². The van der Waals surface area contributed by atoms with Gasteiger partial charge >= 0.3 is 0 Å². The molecule has 2 rings (SSSR count). The fourth-order valence-electron chi connectivity index (χ4n) is 2.79. The summed E-state index contributed by atoms with van der Waals surface area (Å²) in [5, 5.41) is 0.105. The summed E-state index contributed by atoms with van der Waals surface area (Å²) >= 11 is 6.15. The number of piperidine rings is 1. The number of benzene rings is 1. The predicted octanol–water partition coefficient (Wildman–Crippen LogP) is 3.46. The van der Waals surface area contributed by atoms with Crippen molar-refractivity contribution in [3.8, 4) is 0 Å². The number of carbonyl (C=O) groups excluding carboxylic acids is 1. The Bertz CT molecular complexity index is 447. The fraction of sp³-hybridized carbons (Fsp3) is 0.533. The van der Waals surface area contributed by atoms with Crippen molar-refractivity contribution >= 4 is 17.5 Å². The van der Waals surface area contributed by atoms with E-state index >= 15 is 0 Å². The molecule has 1 aliphatic heterocycles. The van der Waals surface area contributed by atoms with Crippen LogP contribution in [0.2, 0.25) is 0 Å². The lowest BCUT2D eigenvalue weighted by Crippen LogP contribution is -2.41. The molecule has 0 aliphatic carbocycles. The Hall–Kier alpha value is -1.02. The zero-order valence-corrected chi connectivity index (χ0v) is 12.0. The Labute approximate surface area is 114 Å². The molecule has 1 unspecified atom stereocenters. The van der Waals surface area contributed by atoms with E-state index in [1.54, 1.807) is 0 Å². The van der Waals surface area contributed by atoms with Gasteiger partial charge in [0, 0.05) is 18.7 Å². The van der Waals surface area contributed by atoms with Crippen LogP contribution in [0.15, 0.2) is 12.1 Å². The van der Waals surface area contributed by atoms with Gasteiger partial charge in [0.15, 0.2) is 0 Å². The predicted molar refractivity (Wildman–Crippen MR) is 75.4 cm³/mol. The highest BCUT2D eigenvalue weighted by Crippen LogP contribution is 2.22. The molecule has 1 atom stereocenters. The molecule has 0 radical (unpaired) electrons. The Kier molecular flexibility index (Phi) is 3.96. The first-order chi connectivity index (χ1) is 8.49. The van der Waals surface area contributed by atoms with E-state index in [9.17, 15) is 4.79 Å². The normalized spacial score (nSPS) is 20.0. The van der Waals surface area contributed by atoms with Crippen LogP contribution in [0.3, 0.4) is 0 Å². The molecular formula is C15H20ClNO. The van der Waals surface area contributed by atoms with Gasteiger partial charge in [0.05, 0.1) is 5.38 Å². The summed E-state index contributed by atoms with van der Waals surface area (Å²) in [7, 11) is 0. The van der Waals surface area contributed by atoms with Gasteiger partial charge in [-0.1, -0.05) is 17.7 Å². The van der Waals surface area contributed by atoms with Crippen LogP contribution in [-0.4, -0.2) is 29.3 Å². The fourth-order valence-corrected chi connectivity index (χ4v) is 3.11. The number of likely N-dealkylation sites (tertiary alicyclic amines) is 1. The second-order valence-electron chi connectivity index (χ2n) is 5.26. The van der Waals surface area contributed by atoms with Crippen molar-refractivity contribution in [2.75, 3.05) is 13.1 Å². The third kappa shape index (κ3) is 2.69. The molecule has 1 aliphatic rings. The minimum atomic E-state index is 0.105. The van der Waals surface area contributed by atoms with Crippen LogP contribution in [0.5, 0.6) is 0 Å². The molecular weight excluding hydrogens is 246 g/mol. The number of amides is 1. The average Bonchev–Trinajstić information content (AvgIpc) is 2.27. The smallest absolute Gasteiger partial charge is 0.254 e. The van der Waals surface area contributed by atoms with Crippen molar-refractivity contribution in [1.29, 1.82) is 0 Å². The van der Waals surface area contributed by atoms with E-state index < -0.39 is 0 Å². The standard InChI is InChI=1S/C15H20ClNO/c1-10-7-11(2)14(12(3)8-10)15(18)17-6-4-5-13(16)9-17/h7-8,13H,4-6,9H2,1-3H3. The first-order valence-electron chi connectivity index (χ1n) is 6.50. The average molecular weight is 266 g/mol. The first-order valence-corrected chi connectivity index (χ1v) is 6.94. The van der Waals surface area contributed by atoms with Gasteiger partial charge in [-0.05, 0) is 44.7 Å². The summed E-state index contributed by atoms with van der Waals surface area (Å²) in [4.78, 5) is 14.5. The van der Waals surface area contributed by atoms with E-state index in [0.29, 0.717) is 6.54 Å². The molecule has 3 heteroatoms. The molecule has 2 nitrogen and oxygen atoms in total. The van der Waals surface area contributed by atoms with E-state index in [0.717, 1.165) is 36.1 Å². The van der Waals surface area contributed by atoms with Crippen molar-refractivity contribution < 1.29 is 4.79 Å². The lowest BCUT2D eigenvalue weighted by atomic mass is 9.98. The van der Waals surface area contributed by atoms with Gasteiger partial charge in [-0.2, -0.15) is 0 Å². The van der Waals surface area contributed by atoms with Crippen molar-refractivity contribution in [2.24, 2.45) is 0 Å². The molecule has 1 aromatic rings. The minimum absolute atomic E-state index is 0.105. The number of hydrogen-bond acceptors (Lipinski definition) is 1. The quantitative estimate of drug-likeness (QED) is 0.712. The number of hydrogen-bond donors (Lipinski definition) is 0. The summed E-state index contributed by atoms with van der Waals surface area (Å²) in [6.07, 6.45) is 2.01. The lowest BCUT2D eigenvalue weighted by Gasteiger charge is -2.30. The zero-order chi connectivity index (χ0) is 13.3. The highest BCUT2D eigenvalue weighted by Gasteiger charge is 2.25. The van der Waals surface area contributed by atoms with Crippen LogP contribution in [0, 0.1) is 20.8 Å². The number of nitrogens with zero attached hydrogens (tertiary/aromatic N) is 1. The van der Waals surface area contributed by atoms with E-state index in [1.165, 1.54) is 5.56 Å². The van der Waals surface area contributed by atoms with Gasteiger partial charge in [-0.3, -0.25) is 4.79 Å². The van der Waals surface area contributed by atoms with Crippen molar-refractivity contribution in [2.45, 2.75) is 39.0 Å². The van der Waals surface area contributed by atoms with Gasteiger partial charge < -0.3 is 4.90 Å². The molecule has 1 fully saturated rings. The number of rotatable bonds is 1. The van der Waals surface area contributed by atoms with Crippen LogP contribution < -0.4 is 0 Å². The summed E-state index contributed by atoms with van der Waals surface area (Å²) < 4.78 is 0. The second kappa shape index (κ2) is 5.31. The Morgan fingerprint density at radius 2 is 1.89 bits per heavy atom. The summed E-state index contributed by atoms with van der Waals surface area (Å²) in [5.41, 5.74) is 4.19. The Balaban J connectivity index is 2.28. The summed E-state index contributed by atoms with van der Waals surface area (Å²) in [6.45, 7) is 7.58. The van der Waals surface area contributed by atoms with Gasteiger partial charge in [0.2, 0.25) is 0 Å². The van der Waals surface area contributed by atoms with E-state index in [-0.39, 0.29) is 11.3 Å². The van der Waals surface area contributed by atoms with E-state index in [1.807, 2.05) is 18.7 Å². The topological polar surface area (TPSA) is 20.3 Å². The molecule has 0 bridgehead atoms. The zero-order valence-electron chi connectivity index (χ0n) is 11.3. The summed E-state index contributed by atoms with van der Waals surface area (Å²) in [5.74, 6) is 0.135. The molecule has 0 saturated carbocycles. The first kappa shape index (κ1) is 13.4. The molecule has 98 valence electrons. The SMILES string of the molecule is Cc1cc(C)c(C(=O)N2CCCC(Cl)C2)c(C)c1. The highest BCUT2D eigenvalue weighted by molar-refractivity contribution is 6.21. The van der Waals surface area contributed by atoms with Gasteiger partial charge in [-0.25, -0.2) is 0 Å². The number of alkyl halides is 1. The van der Waals surface area contributed by atoms with Crippen LogP contribution >= 0.6 is 11.6 Å². The van der Waals surface area contributed by atoms with Gasteiger partial charge in [-0.15, -0.1) is 11.6 Å². The maximum Gasteiger partial charge on any atom is 0.254 e. The number of halogens is 1. The molecule has 18 heavy (non-hydrogen) atoms. The lowest BCUT2D eigenvalue weighted by molar-refractivity contribution is 0.0725. The Morgan fingerprint density at radius 3 is 2.44 bits per heavy atom. The molecule has 0 spiro atoms. The minimum Gasteiger partial charge on any atom is -0.337 e. The molecule has 0 N–H and O–H groups in total. The van der Waals surface area contributed by atoms with Crippen LogP contribution in [-0.2, 0) is 0 Å². The van der Waals surface area contributed by atoms with Gasteiger partial charge in [0.25, 0.3) is 5.91 Å². The monoisotopic (exact) mass is 265 g/mol. The molecule has 1 amide bonds. The number of aryl methyl sites for hydroxylation is 3. The number of carbonyl (C=O) groups is 1. The molecule has 1 heterocycles. The molecule has 0 aromatic heterocycles. The molecule has 1 aromatic carbocycles. The van der Waals surface area contributed by atoms with Crippen molar-refractivity contribution in [3.63, 3.8) is 0 Å². The highest BCUT2D eigenvalue weighted by atomic mass is 35.5. The molecule has 1 saturated heterocycles. The maximum atomic E-state index is 12.6. The maximum absolute atomic E-state index is 12.6. The van der Waals surface area contributed by atoms with Crippen LogP contribution in [0.1, 0.15) is 39.9 Å². The van der Waals surface area contributed by atoms with E-state index in [4.69, 9.17) is 11.6 Å².